The third-order valence-electron chi connectivity index (χ3n) is 6.12. The number of morpholine rings is 1. The number of halogens is 2. The summed E-state index contributed by atoms with van der Waals surface area (Å²) in [6, 6.07) is 11.3. The summed E-state index contributed by atoms with van der Waals surface area (Å²) in [6.45, 7) is 2.67. The molecule has 8 nitrogen and oxygen atoms in total. The van der Waals surface area contributed by atoms with Gasteiger partial charge >= 0.3 is 0 Å². The molecule has 0 unspecified atom stereocenters. The molecule has 0 spiro atoms. The van der Waals surface area contributed by atoms with Crippen molar-refractivity contribution in [2.45, 2.75) is 6.61 Å². The van der Waals surface area contributed by atoms with E-state index in [0.717, 1.165) is 24.8 Å². The molecule has 2 aromatic carbocycles. The predicted octanol–water partition coefficient (Wildman–Crippen LogP) is 3.61. The van der Waals surface area contributed by atoms with E-state index >= 15 is 4.39 Å². The number of ether oxygens (including phenoxy) is 1. The predicted molar refractivity (Wildman–Crippen MR) is 126 cm³/mol. The summed E-state index contributed by atoms with van der Waals surface area (Å²) in [5.41, 5.74) is 3.52. The standard InChI is InChI=1S/C25H20F2N6O2/c26-20-11-21(27)19(10-18(20)23-12-33-24(30-23)4-1-15(13-34)31-33)25-17-3-2-16(9-22(17)28-14-29-25)32-5-7-35-8-6-32/h1-4,9-12,14,34H,5-8,13H2. The van der Waals surface area contributed by atoms with Crippen molar-refractivity contribution < 1.29 is 18.6 Å². The molecule has 1 aliphatic rings. The molecule has 0 radical (unpaired) electrons. The molecular weight excluding hydrogens is 454 g/mol. The maximum Gasteiger partial charge on any atom is 0.154 e. The van der Waals surface area contributed by atoms with Crippen LogP contribution in [0.5, 0.6) is 0 Å². The number of hydrogen-bond donors (Lipinski definition) is 1. The molecule has 0 atom stereocenters. The molecule has 176 valence electrons. The van der Waals surface area contributed by atoms with E-state index in [1.807, 2.05) is 18.2 Å². The molecule has 1 saturated heterocycles. The Morgan fingerprint density at radius 1 is 0.943 bits per heavy atom. The van der Waals surface area contributed by atoms with Crippen LogP contribution in [0.1, 0.15) is 5.69 Å². The van der Waals surface area contributed by atoms with Crippen LogP contribution in [0.2, 0.25) is 0 Å². The van der Waals surface area contributed by atoms with Gasteiger partial charge in [-0.05, 0) is 36.4 Å². The summed E-state index contributed by atoms with van der Waals surface area (Å²) >= 11 is 0. The maximum atomic E-state index is 15.0. The Bertz CT molecular complexity index is 1570. The van der Waals surface area contributed by atoms with Crippen LogP contribution >= 0.6 is 0 Å². The van der Waals surface area contributed by atoms with Crippen LogP contribution in [-0.4, -0.2) is 56.0 Å². The van der Waals surface area contributed by atoms with E-state index in [1.54, 1.807) is 18.3 Å². The lowest BCUT2D eigenvalue weighted by molar-refractivity contribution is 0.122. The van der Waals surface area contributed by atoms with Gasteiger partial charge in [0.15, 0.2) is 5.65 Å². The topological polar surface area (TPSA) is 88.7 Å². The van der Waals surface area contributed by atoms with E-state index in [0.29, 0.717) is 46.8 Å². The first-order chi connectivity index (χ1) is 17.1. The Labute approximate surface area is 198 Å². The number of imidazole rings is 1. The molecule has 1 N–H and O–H groups in total. The highest BCUT2D eigenvalue weighted by Gasteiger charge is 2.19. The zero-order chi connectivity index (χ0) is 23.9. The molecule has 0 bridgehead atoms. The first-order valence-electron chi connectivity index (χ1n) is 11.1. The highest BCUT2D eigenvalue weighted by atomic mass is 19.1. The van der Waals surface area contributed by atoms with Crippen molar-refractivity contribution in [3.8, 4) is 22.5 Å². The summed E-state index contributed by atoms with van der Waals surface area (Å²) < 4.78 is 36.8. The molecule has 0 amide bonds. The largest absolute Gasteiger partial charge is 0.390 e. The van der Waals surface area contributed by atoms with E-state index in [-0.39, 0.29) is 17.7 Å². The van der Waals surface area contributed by atoms with Crippen molar-refractivity contribution >= 4 is 22.2 Å². The molecule has 4 heterocycles. The number of hydrogen-bond acceptors (Lipinski definition) is 7. The molecule has 1 fully saturated rings. The van der Waals surface area contributed by atoms with Gasteiger partial charge in [-0.1, -0.05) is 0 Å². The van der Waals surface area contributed by atoms with Crippen LogP contribution in [0.3, 0.4) is 0 Å². The fourth-order valence-corrected chi connectivity index (χ4v) is 4.34. The van der Waals surface area contributed by atoms with Crippen molar-refractivity contribution in [2.24, 2.45) is 0 Å². The van der Waals surface area contributed by atoms with Gasteiger partial charge in [0.1, 0.15) is 18.0 Å². The minimum absolute atomic E-state index is 0.120. The van der Waals surface area contributed by atoms with Gasteiger partial charge in [0.05, 0.1) is 48.6 Å². The smallest absolute Gasteiger partial charge is 0.154 e. The summed E-state index contributed by atoms with van der Waals surface area (Å²) in [5.74, 6) is -1.47. The van der Waals surface area contributed by atoms with Crippen LogP contribution in [-0.2, 0) is 11.3 Å². The van der Waals surface area contributed by atoms with Crippen molar-refractivity contribution in [3.05, 3.63) is 72.3 Å². The van der Waals surface area contributed by atoms with Gasteiger partial charge in [0, 0.05) is 41.4 Å². The summed E-state index contributed by atoms with van der Waals surface area (Å²) in [6.07, 6.45) is 2.93. The van der Waals surface area contributed by atoms with Gasteiger partial charge in [-0.25, -0.2) is 28.2 Å². The van der Waals surface area contributed by atoms with Crippen molar-refractivity contribution in [3.63, 3.8) is 0 Å². The van der Waals surface area contributed by atoms with Crippen LogP contribution in [0.4, 0.5) is 14.5 Å². The van der Waals surface area contributed by atoms with Crippen molar-refractivity contribution in [1.29, 1.82) is 0 Å². The second kappa shape index (κ2) is 8.64. The average molecular weight is 474 g/mol. The minimum atomic E-state index is -0.745. The van der Waals surface area contributed by atoms with Gasteiger partial charge in [-0.3, -0.25) is 0 Å². The molecule has 1 aliphatic heterocycles. The van der Waals surface area contributed by atoms with Gasteiger partial charge in [-0.2, -0.15) is 5.10 Å². The van der Waals surface area contributed by atoms with Crippen LogP contribution in [0.15, 0.2) is 55.0 Å². The zero-order valence-corrected chi connectivity index (χ0v) is 18.5. The van der Waals surface area contributed by atoms with E-state index in [2.05, 4.69) is 25.0 Å². The summed E-state index contributed by atoms with van der Waals surface area (Å²) in [4.78, 5) is 15.3. The van der Waals surface area contributed by atoms with Crippen LogP contribution < -0.4 is 4.90 Å². The van der Waals surface area contributed by atoms with E-state index in [9.17, 15) is 9.50 Å². The number of benzene rings is 2. The van der Waals surface area contributed by atoms with Gasteiger partial charge < -0.3 is 14.7 Å². The second-order valence-corrected chi connectivity index (χ2v) is 8.25. The SMILES string of the molecule is OCc1ccc2nc(-c3cc(-c4ncnc5cc(N6CCOCC6)ccc45)c(F)cc3F)cn2n1. The van der Waals surface area contributed by atoms with E-state index < -0.39 is 11.6 Å². The number of aromatic nitrogens is 5. The molecule has 10 heteroatoms. The van der Waals surface area contributed by atoms with Gasteiger partial charge in [0.25, 0.3) is 0 Å². The van der Waals surface area contributed by atoms with E-state index in [1.165, 1.54) is 16.9 Å². The third kappa shape index (κ3) is 3.86. The number of aliphatic hydroxyl groups is 1. The molecule has 35 heavy (non-hydrogen) atoms. The van der Waals surface area contributed by atoms with Crippen LogP contribution in [0, 0.1) is 11.6 Å². The number of nitrogens with zero attached hydrogens (tertiary/aromatic N) is 6. The highest BCUT2D eigenvalue weighted by molar-refractivity contribution is 5.94. The molecule has 5 aromatic rings. The van der Waals surface area contributed by atoms with E-state index in [4.69, 9.17) is 4.74 Å². The molecule has 0 aliphatic carbocycles. The highest BCUT2D eigenvalue weighted by Crippen LogP contribution is 2.34. The first-order valence-corrected chi connectivity index (χ1v) is 11.1. The first kappa shape index (κ1) is 21.5. The summed E-state index contributed by atoms with van der Waals surface area (Å²) in [5, 5.41) is 14.2. The fourth-order valence-electron chi connectivity index (χ4n) is 4.34. The number of aliphatic hydroxyl groups excluding tert-OH is 1. The average Bonchev–Trinajstić information content (AvgIpc) is 3.31. The Hall–Kier alpha value is -4.02. The maximum absolute atomic E-state index is 15.0. The number of anilines is 1. The Balaban J connectivity index is 1.45. The Morgan fingerprint density at radius 2 is 1.77 bits per heavy atom. The molecule has 3 aromatic heterocycles. The van der Waals surface area contributed by atoms with Gasteiger partial charge in [-0.15, -0.1) is 0 Å². The Kier molecular flexibility index (Phi) is 5.31. The van der Waals surface area contributed by atoms with Crippen molar-refractivity contribution in [1.82, 2.24) is 24.6 Å². The van der Waals surface area contributed by atoms with Crippen molar-refractivity contribution in [2.75, 3.05) is 31.2 Å². The minimum Gasteiger partial charge on any atom is -0.390 e. The molecule has 6 rings (SSSR count). The fraction of sp³-hybridized carbons (Fsp3) is 0.200. The number of fused-ring (bicyclic) bond motifs is 2. The second-order valence-electron chi connectivity index (χ2n) is 8.25. The quantitative estimate of drug-likeness (QED) is 0.426. The Morgan fingerprint density at radius 3 is 2.60 bits per heavy atom. The molecular formula is C25H20F2N6O2. The number of rotatable bonds is 4. The lowest BCUT2D eigenvalue weighted by atomic mass is 10.0. The summed E-state index contributed by atoms with van der Waals surface area (Å²) in [7, 11) is 0. The zero-order valence-electron chi connectivity index (χ0n) is 18.5. The molecule has 0 saturated carbocycles. The monoisotopic (exact) mass is 474 g/mol. The van der Waals surface area contributed by atoms with Gasteiger partial charge in [0.2, 0.25) is 0 Å². The lowest BCUT2D eigenvalue weighted by Gasteiger charge is -2.29. The lowest BCUT2D eigenvalue weighted by Crippen LogP contribution is -2.36. The normalized spacial score (nSPS) is 14.2. The van der Waals surface area contributed by atoms with Crippen LogP contribution in [0.25, 0.3) is 39.1 Å². The third-order valence-corrected chi connectivity index (χ3v) is 6.12.